The maximum absolute atomic E-state index is 13.3. The Hall–Kier alpha value is -1.48. The highest BCUT2D eigenvalue weighted by Crippen LogP contribution is 2.52. The summed E-state index contributed by atoms with van der Waals surface area (Å²) in [5, 5.41) is 3.80. The smallest absolute Gasteiger partial charge is 0.138 e. The Morgan fingerprint density at radius 1 is 0.778 bits per heavy atom. The summed E-state index contributed by atoms with van der Waals surface area (Å²) < 4.78 is 0. The van der Waals surface area contributed by atoms with Crippen LogP contribution in [0.5, 0.6) is 0 Å². The van der Waals surface area contributed by atoms with Crippen LogP contribution in [0, 0.1) is 29.6 Å². The average molecular weight is 368 g/mol. The molecule has 3 heteroatoms. The summed E-state index contributed by atoms with van der Waals surface area (Å²) in [5.41, 5.74) is 2.45. The lowest BCUT2D eigenvalue weighted by Gasteiger charge is -2.55. The summed E-state index contributed by atoms with van der Waals surface area (Å²) in [7, 11) is 0. The van der Waals surface area contributed by atoms with E-state index in [2.05, 4.69) is 64.2 Å². The number of hydrogen-bond acceptors (Lipinski definition) is 3. The molecule has 1 aliphatic heterocycles. The molecule has 2 aliphatic carbocycles. The summed E-state index contributed by atoms with van der Waals surface area (Å²) in [4.78, 5) is 26.5. The predicted molar refractivity (Wildman–Crippen MR) is 108 cm³/mol. The van der Waals surface area contributed by atoms with Gasteiger partial charge in [-0.25, -0.2) is 0 Å². The van der Waals surface area contributed by atoms with Gasteiger partial charge < -0.3 is 5.32 Å². The Morgan fingerprint density at radius 2 is 1.22 bits per heavy atom. The van der Waals surface area contributed by atoms with Gasteiger partial charge in [0, 0.05) is 42.7 Å². The monoisotopic (exact) mass is 367 g/mol. The van der Waals surface area contributed by atoms with Gasteiger partial charge in [0.2, 0.25) is 0 Å². The number of benzene rings is 1. The van der Waals surface area contributed by atoms with Crippen molar-refractivity contribution in [2.75, 3.05) is 0 Å². The molecule has 1 aromatic carbocycles. The summed E-state index contributed by atoms with van der Waals surface area (Å²) in [6.07, 6.45) is 3.25. The molecule has 0 aromatic heterocycles. The van der Waals surface area contributed by atoms with Gasteiger partial charge in [-0.1, -0.05) is 57.5 Å². The molecule has 4 unspecified atom stereocenters. The van der Waals surface area contributed by atoms with Crippen molar-refractivity contribution in [2.45, 2.75) is 78.3 Å². The first-order valence-corrected chi connectivity index (χ1v) is 10.4. The minimum Gasteiger partial charge on any atom is -0.310 e. The molecular formula is C24H33NO2. The fourth-order valence-corrected chi connectivity index (χ4v) is 6.14. The molecule has 3 nitrogen and oxygen atoms in total. The molecule has 0 radical (unpaired) electrons. The van der Waals surface area contributed by atoms with Gasteiger partial charge in [-0.2, -0.15) is 0 Å². The minimum absolute atomic E-state index is 0.0223. The van der Waals surface area contributed by atoms with Crippen LogP contribution in [0.4, 0.5) is 0 Å². The van der Waals surface area contributed by atoms with E-state index in [1.807, 2.05) is 0 Å². The molecule has 1 heterocycles. The molecule has 1 saturated heterocycles. The Morgan fingerprint density at radius 3 is 1.67 bits per heavy atom. The number of ketones is 2. The van der Waals surface area contributed by atoms with E-state index in [1.54, 1.807) is 0 Å². The first-order chi connectivity index (χ1) is 12.6. The topological polar surface area (TPSA) is 46.2 Å². The molecule has 27 heavy (non-hydrogen) atoms. The number of aryl methyl sites for hydroxylation is 1. The number of rotatable bonds is 1. The van der Waals surface area contributed by atoms with Gasteiger partial charge in [0.1, 0.15) is 11.6 Å². The van der Waals surface area contributed by atoms with Gasteiger partial charge in [-0.15, -0.1) is 0 Å². The van der Waals surface area contributed by atoms with Crippen LogP contribution >= 0.6 is 0 Å². The zero-order chi connectivity index (χ0) is 19.6. The number of piperidine rings is 1. The number of hydrogen-bond donors (Lipinski definition) is 1. The Kier molecular flexibility index (Phi) is 4.38. The molecule has 0 spiro atoms. The summed E-state index contributed by atoms with van der Waals surface area (Å²) in [6, 6.07) is 8.90. The van der Waals surface area contributed by atoms with Crippen LogP contribution in [-0.4, -0.2) is 23.7 Å². The van der Waals surface area contributed by atoms with Crippen LogP contribution < -0.4 is 5.32 Å². The van der Waals surface area contributed by atoms with Gasteiger partial charge in [-0.05, 0) is 36.2 Å². The predicted octanol–water partition coefficient (Wildman–Crippen LogP) is 4.43. The molecule has 3 aliphatic rings. The lowest BCUT2D eigenvalue weighted by molar-refractivity contribution is -0.140. The maximum atomic E-state index is 13.3. The van der Waals surface area contributed by atoms with Crippen LogP contribution in [0.15, 0.2) is 24.3 Å². The van der Waals surface area contributed by atoms with Crippen molar-refractivity contribution in [3.05, 3.63) is 35.4 Å². The lowest BCUT2D eigenvalue weighted by atomic mass is 9.54. The largest absolute Gasteiger partial charge is 0.310 e. The summed E-state index contributed by atoms with van der Waals surface area (Å²) >= 11 is 0. The van der Waals surface area contributed by atoms with Crippen molar-refractivity contribution < 1.29 is 9.59 Å². The van der Waals surface area contributed by atoms with Crippen molar-refractivity contribution in [1.29, 1.82) is 0 Å². The second kappa shape index (κ2) is 6.27. The first-order valence-electron chi connectivity index (χ1n) is 10.4. The van der Waals surface area contributed by atoms with Crippen LogP contribution in [0.2, 0.25) is 0 Å². The number of carbonyl (C=O) groups is 2. The van der Waals surface area contributed by atoms with Gasteiger partial charge in [0.25, 0.3) is 0 Å². The van der Waals surface area contributed by atoms with Crippen LogP contribution in [0.25, 0.3) is 0 Å². The number of nitrogens with one attached hydrogen (secondary N) is 1. The van der Waals surface area contributed by atoms with E-state index >= 15 is 0 Å². The quantitative estimate of drug-likeness (QED) is 0.799. The van der Waals surface area contributed by atoms with Crippen molar-refractivity contribution in [3.8, 4) is 0 Å². The third-order valence-corrected chi connectivity index (χ3v) is 7.13. The maximum Gasteiger partial charge on any atom is 0.138 e. The molecule has 1 N–H and O–H groups in total. The molecule has 146 valence electrons. The number of fused-ring (bicyclic) bond motifs is 2. The fourth-order valence-electron chi connectivity index (χ4n) is 6.14. The normalized spacial score (nSPS) is 37.4. The molecule has 0 bridgehead atoms. The summed E-state index contributed by atoms with van der Waals surface area (Å²) in [5.74, 6) is 0.546. The highest BCUT2D eigenvalue weighted by Gasteiger charge is 2.56. The van der Waals surface area contributed by atoms with Crippen molar-refractivity contribution >= 4 is 11.6 Å². The van der Waals surface area contributed by atoms with Crippen molar-refractivity contribution in [3.63, 3.8) is 0 Å². The Bertz CT molecular complexity index is 719. The van der Waals surface area contributed by atoms with Gasteiger partial charge in [0.05, 0.1) is 0 Å². The third kappa shape index (κ3) is 3.40. The molecular weight excluding hydrogens is 334 g/mol. The molecule has 3 fully saturated rings. The van der Waals surface area contributed by atoms with Crippen LogP contribution in [0.1, 0.15) is 70.4 Å². The van der Waals surface area contributed by atoms with Crippen LogP contribution in [-0.2, 0) is 9.59 Å². The molecule has 4 rings (SSSR count). The highest BCUT2D eigenvalue weighted by molar-refractivity contribution is 5.89. The molecule has 4 atom stereocenters. The van der Waals surface area contributed by atoms with E-state index < -0.39 is 0 Å². The second-order valence-corrected chi connectivity index (χ2v) is 10.9. The minimum atomic E-state index is -0.0767. The molecule has 2 saturated carbocycles. The van der Waals surface area contributed by atoms with E-state index in [1.165, 1.54) is 11.1 Å². The Balaban J connectivity index is 1.79. The van der Waals surface area contributed by atoms with Crippen molar-refractivity contribution in [2.24, 2.45) is 22.7 Å². The second-order valence-electron chi connectivity index (χ2n) is 10.9. The first kappa shape index (κ1) is 18.9. The van der Waals surface area contributed by atoms with Gasteiger partial charge >= 0.3 is 0 Å². The average Bonchev–Trinajstić information content (AvgIpc) is 2.51. The van der Waals surface area contributed by atoms with E-state index in [9.17, 15) is 9.59 Å². The van der Waals surface area contributed by atoms with E-state index in [0.29, 0.717) is 24.4 Å². The standard InChI is InChI=1S/C24H33NO2/c1-14-6-8-15(9-7-14)20-21-16(10-23(2,3)12-18(21)26)25-17-11-24(4,5)13-19(27)22(17)20/h6-9,16-17,20-22,25H,10-13H2,1-5H3. The SMILES string of the molecule is Cc1ccc(C2C3C(=O)CC(C)(C)CC3NC3CC(C)(C)CC(=O)C32)cc1. The summed E-state index contributed by atoms with van der Waals surface area (Å²) in [6.45, 7) is 10.9. The highest BCUT2D eigenvalue weighted by atomic mass is 16.1. The zero-order valence-corrected chi connectivity index (χ0v) is 17.3. The van der Waals surface area contributed by atoms with Gasteiger partial charge in [0.15, 0.2) is 0 Å². The lowest BCUT2D eigenvalue weighted by Crippen LogP contribution is -2.65. The number of Topliss-reactive ketones (excluding diaryl/α,β-unsaturated/α-hetero) is 2. The van der Waals surface area contributed by atoms with E-state index in [-0.39, 0.29) is 40.7 Å². The Labute approximate surface area is 163 Å². The van der Waals surface area contributed by atoms with Crippen LogP contribution in [0.3, 0.4) is 0 Å². The van der Waals surface area contributed by atoms with Gasteiger partial charge in [-0.3, -0.25) is 9.59 Å². The molecule has 1 aromatic rings. The van der Waals surface area contributed by atoms with E-state index in [0.717, 1.165) is 12.8 Å². The molecule has 0 amide bonds. The number of carbonyl (C=O) groups excluding carboxylic acids is 2. The fraction of sp³-hybridized carbons (Fsp3) is 0.667. The zero-order valence-electron chi connectivity index (χ0n) is 17.3. The van der Waals surface area contributed by atoms with E-state index in [4.69, 9.17) is 0 Å². The third-order valence-electron chi connectivity index (χ3n) is 7.13. The van der Waals surface area contributed by atoms with Crippen molar-refractivity contribution in [1.82, 2.24) is 5.32 Å².